The normalized spacial score (nSPS) is 11.6. The highest BCUT2D eigenvalue weighted by molar-refractivity contribution is 9.10. The molecule has 0 fully saturated rings. The zero-order valence-corrected chi connectivity index (χ0v) is 11.1. The molecule has 0 saturated carbocycles. The average Bonchev–Trinajstić information content (AvgIpc) is 2.79. The molecule has 2 aromatic rings. The number of carbonyl (C=O) groups is 1. The zero-order chi connectivity index (χ0) is 15.1. The number of aromatic amines is 1. The van der Waals surface area contributed by atoms with Crippen LogP contribution in [-0.4, -0.2) is 26.4 Å². The number of nitrogens with zero attached hydrogens (tertiary/aromatic N) is 2. The van der Waals surface area contributed by atoms with Crippen molar-refractivity contribution in [2.24, 2.45) is 5.73 Å². The molecule has 0 aliphatic heterocycles. The van der Waals surface area contributed by atoms with Gasteiger partial charge in [0.15, 0.2) is 5.69 Å². The minimum atomic E-state index is -4.75. The van der Waals surface area contributed by atoms with E-state index in [1.165, 1.54) is 0 Å². The summed E-state index contributed by atoms with van der Waals surface area (Å²) in [5.41, 5.74) is 2.21. The van der Waals surface area contributed by atoms with Crippen molar-refractivity contribution < 1.29 is 23.1 Å². The quantitative estimate of drug-likeness (QED) is 0.770. The predicted octanol–water partition coefficient (Wildman–Crippen LogP) is 2.06. The van der Waals surface area contributed by atoms with Crippen LogP contribution in [0.2, 0.25) is 0 Å². The Bertz CT molecular complexity index is 684. The number of hydrogen-bond acceptors (Lipinski definition) is 4. The first kappa shape index (κ1) is 14.3. The van der Waals surface area contributed by atoms with E-state index in [1.54, 1.807) is 0 Å². The molecular weight excluding hydrogens is 345 g/mol. The number of halogens is 4. The summed E-state index contributed by atoms with van der Waals surface area (Å²) in [7, 11) is 0. The number of rotatable bonds is 2. The van der Waals surface area contributed by atoms with Gasteiger partial charge in [-0.05, 0) is 28.1 Å². The summed E-state index contributed by atoms with van der Waals surface area (Å²) >= 11 is 2.90. The second-order valence-corrected chi connectivity index (χ2v) is 4.56. The summed E-state index contributed by atoms with van der Waals surface area (Å²) in [6.45, 7) is 0. The highest BCUT2D eigenvalue weighted by atomic mass is 79.9. The van der Waals surface area contributed by atoms with Crippen LogP contribution >= 0.6 is 15.9 Å². The van der Waals surface area contributed by atoms with E-state index in [0.717, 1.165) is 12.1 Å². The summed E-state index contributed by atoms with van der Waals surface area (Å²) in [6.07, 6.45) is -4.75. The first-order valence-corrected chi connectivity index (χ1v) is 5.82. The number of hydrogen-bond donors (Lipinski definition) is 3. The lowest BCUT2D eigenvalue weighted by Gasteiger charge is -2.14. The minimum Gasteiger partial charge on any atom is -0.506 e. The van der Waals surface area contributed by atoms with Crippen LogP contribution in [0.1, 0.15) is 16.1 Å². The maximum absolute atomic E-state index is 13.0. The van der Waals surface area contributed by atoms with Crippen molar-refractivity contribution in [3.05, 3.63) is 27.9 Å². The molecule has 0 aliphatic carbocycles. The van der Waals surface area contributed by atoms with E-state index in [9.17, 15) is 23.1 Å². The van der Waals surface area contributed by atoms with E-state index in [-0.39, 0.29) is 4.47 Å². The lowest BCUT2D eigenvalue weighted by Crippen LogP contribution is -2.14. The number of H-pyrrole nitrogens is 1. The maximum Gasteiger partial charge on any atom is 0.417 e. The fraction of sp³-hybridized carbons (Fsp3) is 0.100. The minimum absolute atomic E-state index is 0.0129. The van der Waals surface area contributed by atoms with Gasteiger partial charge in [0.1, 0.15) is 11.4 Å². The number of benzene rings is 1. The Morgan fingerprint density at radius 1 is 1.35 bits per heavy atom. The number of amides is 1. The molecule has 0 radical (unpaired) electrons. The van der Waals surface area contributed by atoms with Gasteiger partial charge < -0.3 is 10.8 Å². The molecule has 0 saturated heterocycles. The number of nitrogens with two attached hydrogens (primary N) is 1. The lowest BCUT2D eigenvalue weighted by atomic mass is 10.0. The van der Waals surface area contributed by atoms with Gasteiger partial charge in [-0.2, -0.15) is 28.6 Å². The summed E-state index contributed by atoms with van der Waals surface area (Å²) in [6, 6.07) is 1.78. The molecule has 2 rings (SSSR count). The first-order chi connectivity index (χ1) is 9.23. The van der Waals surface area contributed by atoms with Gasteiger partial charge in [-0.25, -0.2) is 0 Å². The van der Waals surface area contributed by atoms with Crippen molar-refractivity contribution in [3.63, 3.8) is 0 Å². The summed E-state index contributed by atoms with van der Waals surface area (Å²) in [5.74, 6) is -1.78. The van der Waals surface area contributed by atoms with E-state index in [2.05, 4.69) is 26.1 Å². The third kappa shape index (κ3) is 2.33. The Kier molecular flexibility index (Phi) is 3.42. The molecule has 1 amide bonds. The Labute approximate surface area is 117 Å². The van der Waals surface area contributed by atoms with E-state index >= 15 is 0 Å². The highest BCUT2D eigenvalue weighted by Gasteiger charge is 2.37. The summed E-state index contributed by atoms with van der Waals surface area (Å²) in [5, 5.41) is 18.7. The Balaban J connectivity index is 2.81. The van der Waals surface area contributed by atoms with Crippen LogP contribution in [0, 0.1) is 0 Å². The van der Waals surface area contributed by atoms with Gasteiger partial charge in [0.25, 0.3) is 5.91 Å². The fourth-order valence-electron chi connectivity index (χ4n) is 1.62. The number of phenolic OH excluding ortho intramolecular Hbond substituents is 1. The Morgan fingerprint density at radius 2 is 2.00 bits per heavy atom. The predicted molar refractivity (Wildman–Crippen MR) is 64.7 cm³/mol. The molecule has 20 heavy (non-hydrogen) atoms. The molecule has 1 heterocycles. The standard InChI is InChI=1S/C10H6BrF3N4O2/c11-4-2-1-3(10(12,13)14)5(8(4)19)6-7(9(15)20)17-18-16-6/h1-2,19H,(H2,15,20)(H,16,17,18). The monoisotopic (exact) mass is 350 g/mol. The molecular formula is C10H6BrF3N4O2. The molecule has 0 aliphatic rings. The van der Waals surface area contributed by atoms with Gasteiger partial charge in [0.05, 0.1) is 15.6 Å². The van der Waals surface area contributed by atoms with Crippen LogP contribution in [0.5, 0.6) is 5.75 Å². The van der Waals surface area contributed by atoms with Gasteiger partial charge in [-0.3, -0.25) is 4.79 Å². The van der Waals surface area contributed by atoms with Gasteiger partial charge >= 0.3 is 6.18 Å². The van der Waals surface area contributed by atoms with Crippen molar-refractivity contribution in [3.8, 4) is 17.0 Å². The molecule has 6 nitrogen and oxygen atoms in total. The van der Waals surface area contributed by atoms with Gasteiger partial charge in [0.2, 0.25) is 0 Å². The van der Waals surface area contributed by atoms with E-state index in [0.29, 0.717) is 0 Å². The van der Waals surface area contributed by atoms with Crippen LogP contribution in [0.25, 0.3) is 11.3 Å². The second-order valence-electron chi connectivity index (χ2n) is 3.70. The Morgan fingerprint density at radius 3 is 2.55 bits per heavy atom. The van der Waals surface area contributed by atoms with Crippen molar-refractivity contribution in [1.29, 1.82) is 0 Å². The third-order valence-electron chi connectivity index (χ3n) is 2.45. The molecule has 4 N–H and O–H groups in total. The largest absolute Gasteiger partial charge is 0.506 e. The highest BCUT2D eigenvalue weighted by Crippen LogP contribution is 2.44. The summed E-state index contributed by atoms with van der Waals surface area (Å²) < 4.78 is 39.0. The van der Waals surface area contributed by atoms with Crippen molar-refractivity contribution in [1.82, 2.24) is 15.4 Å². The van der Waals surface area contributed by atoms with Crippen molar-refractivity contribution in [2.45, 2.75) is 6.18 Å². The van der Waals surface area contributed by atoms with E-state index < -0.39 is 40.3 Å². The number of primary amides is 1. The Hall–Kier alpha value is -2.10. The molecule has 0 spiro atoms. The van der Waals surface area contributed by atoms with Gasteiger partial charge in [0, 0.05) is 0 Å². The number of alkyl halides is 3. The smallest absolute Gasteiger partial charge is 0.417 e. The van der Waals surface area contributed by atoms with Crippen molar-refractivity contribution >= 4 is 21.8 Å². The van der Waals surface area contributed by atoms with E-state index in [1.807, 2.05) is 5.21 Å². The van der Waals surface area contributed by atoms with Gasteiger partial charge in [-0.1, -0.05) is 0 Å². The number of phenols is 1. The zero-order valence-electron chi connectivity index (χ0n) is 9.49. The average molecular weight is 351 g/mol. The topological polar surface area (TPSA) is 105 Å². The molecule has 106 valence electrons. The number of carbonyl (C=O) groups excluding carboxylic acids is 1. The van der Waals surface area contributed by atoms with Crippen LogP contribution < -0.4 is 5.73 Å². The molecule has 1 aromatic carbocycles. The van der Waals surface area contributed by atoms with E-state index in [4.69, 9.17) is 5.73 Å². The lowest BCUT2D eigenvalue weighted by molar-refractivity contribution is -0.137. The third-order valence-corrected chi connectivity index (χ3v) is 3.09. The first-order valence-electron chi connectivity index (χ1n) is 5.03. The molecule has 10 heteroatoms. The number of nitrogens with one attached hydrogen (secondary N) is 1. The summed E-state index contributed by atoms with van der Waals surface area (Å²) in [4.78, 5) is 11.1. The molecule has 0 unspecified atom stereocenters. The number of aromatic hydroxyl groups is 1. The second kappa shape index (κ2) is 4.78. The SMILES string of the molecule is NC(=O)c1n[nH]nc1-c1c(C(F)(F)F)ccc(Br)c1O. The van der Waals surface area contributed by atoms with Crippen LogP contribution in [-0.2, 0) is 6.18 Å². The molecule has 1 aromatic heterocycles. The van der Waals surface area contributed by atoms with Crippen LogP contribution in [0.4, 0.5) is 13.2 Å². The van der Waals surface area contributed by atoms with Crippen LogP contribution in [0.3, 0.4) is 0 Å². The fourth-order valence-corrected chi connectivity index (χ4v) is 1.95. The van der Waals surface area contributed by atoms with Gasteiger partial charge in [-0.15, -0.1) is 0 Å². The maximum atomic E-state index is 13.0. The number of aromatic nitrogens is 3. The molecule has 0 atom stereocenters. The van der Waals surface area contributed by atoms with Crippen LogP contribution in [0.15, 0.2) is 16.6 Å². The van der Waals surface area contributed by atoms with Crippen molar-refractivity contribution in [2.75, 3.05) is 0 Å². The molecule has 0 bridgehead atoms.